The molecule has 2 aromatic carbocycles. The summed E-state index contributed by atoms with van der Waals surface area (Å²) in [7, 11) is 1.62. The molecule has 0 atom stereocenters. The van der Waals surface area contributed by atoms with E-state index in [-0.39, 0.29) is 5.91 Å². The Labute approximate surface area is 140 Å². The van der Waals surface area contributed by atoms with Crippen molar-refractivity contribution in [3.8, 4) is 11.5 Å². The average Bonchev–Trinajstić information content (AvgIpc) is 3.04. The van der Waals surface area contributed by atoms with Crippen molar-refractivity contribution in [2.24, 2.45) is 0 Å². The van der Waals surface area contributed by atoms with Crippen LogP contribution >= 0.6 is 0 Å². The number of aromatic nitrogens is 1. The molecule has 0 radical (unpaired) electrons. The topological polar surface area (TPSA) is 63.4 Å². The highest BCUT2D eigenvalue weighted by Gasteiger charge is 2.10. The van der Waals surface area contributed by atoms with Gasteiger partial charge in [0.1, 0.15) is 17.2 Å². The van der Waals surface area contributed by atoms with Gasteiger partial charge >= 0.3 is 0 Å². The number of hydrogen-bond donors (Lipinski definition) is 2. The van der Waals surface area contributed by atoms with Gasteiger partial charge in [0.2, 0.25) is 0 Å². The Bertz CT molecular complexity index is 837. The molecule has 3 rings (SSSR count). The van der Waals surface area contributed by atoms with E-state index in [1.54, 1.807) is 7.11 Å². The molecule has 0 saturated carbocycles. The smallest absolute Gasteiger partial charge is 0.272 e. The highest BCUT2D eigenvalue weighted by atomic mass is 16.5. The fourth-order valence-corrected chi connectivity index (χ4v) is 2.41. The van der Waals surface area contributed by atoms with Crippen LogP contribution in [0.3, 0.4) is 0 Å². The maximum Gasteiger partial charge on any atom is 0.272 e. The van der Waals surface area contributed by atoms with E-state index in [1.807, 2.05) is 48.5 Å². The minimum absolute atomic E-state index is 0.188. The lowest BCUT2D eigenvalue weighted by Crippen LogP contribution is -2.12. The van der Waals surface area contributed by atoms with E-state index in [4.69, 9.17) is 9.47 Å². The van der Waals surface area contributed by atoms with Crippen LogP contribution in [0.15, 0.2) is 48.5 Å². The molecule has 0 spiro atoms. The minimum atomic E-state index is -0.188. The summed E-state index contributed by atoms with van der Waals surface area (Å²) < 4.78 is 10.7. The molecule has 1 amide bonds. The van der Waals surface area contributed by atoms with Gasteiger partial charge in [0.25, 0.3) is 5.91 Å². The number of carbonyl (C=O) groups excluding carboxylic acids is 1. The third-order valence-corrected chi connectivity index (χ3v) is 3.66. The van der Waals surface area contributed by atoms with Gasteiger partial charge in [-0.25, -0.2) is 0 Å². The van der Waals surface area contributed by atoms with Crippen LogP contribution in [0.1, 0.15) is 23.8 Å². The lowest BCUT2D eigenvalue weighted by atomic mass is 10.2. The van der Waals surface area contributed by atoms with E-state index < -0.39 is 0 Å². The molecule has 2 N–H and O–H groups in total. The predicted molar refractivity (Wildman–Crippen MR) is 95.0 cm³/mol. The zero-order valence-electron chi connectivity index (χ0n) is 13.8. The fraction of sp³-hybridized carbons (Fsp3) is 0.211. The van der Waals surface area contributed by atoms with Gasteiger partial charge in [-0.2, -0.15) is 0 Å². The molecule has 0 bridgehead atoms. The summed E-state index contributed by atoms with van der Waals surface area (Å²) >= 11 is 0. The molecule has 0 aliphatic carbocycles. The standard InChI is InChI=1S/C19H20N2O3/c1-3-10-24-15-6-4-14(5-7-15)20-19(22)18-12-13-11-16(23-2)8-9-17(13)21-18/h4-9,11-12,21H,3,10H2,1-2H3,(H,20,22). The summed E-state index contributed by atoms with van der Waals surface area (Å²) in [6.45, 7) is 2.74. The maximum absolute atomic E-state index is 12.4. The Balaban J connectivity index is 1.72. The molecular weight excluding hydrogens is 304 g/mol. The quantitative estimate of drug-likeness (QED) is 0.713. The van der Waals surface area contributed by atoms with Gasteiger partial charge in [-0.05, 0) is 55.0 Å². The van der Waals surface area contributed by atoms with Crippen LogP contribution in [-0.2, 0) is 0 Å². The minimum Gasteiger partial charge on any atom is -0.497 e. The van der Waals surface area contributed by atoms with Gasteiger partial charge in [-0.3, -0.25) is 4.79 Å². The number of hydrogen-bond acceptors (Lipinski definition) is 3. The molecule has 0 saturated heterocycles. The number of anilines is 1. The van der Waals surface area contributed by atoms with Crippen LogP contribution in [0.4, 0.5) is 5.69 Å². The molecule has 0 aliphatic heterocycles. The van der Waals surface area contributed by atoms with Crippen molar-refractivity contribution in [2.75, 3.05) is 19.0 Å². The van der Waals surface area contributed by atoms with Crippen LogP contribution in [0.5, 0.6) is 11.5 Å². The van der Waals surface area contributed by atoms with Gasteiger partial charge in [0.15, 0.2) is 0 Å². The zero-order valence-corrected chi connectivity index (χ0v) is 13.8. The first-order valence-electron chi connectivity index (χ1n) is 7.90. The van der Waals surface area contributed by atoms with Gasteiger partial charge < -0.3 is 19.8 Å². The van der Waals surface area contributed by atoms with Crippen LogP contribution in [-0.4, -0.2) is 24.6 Å². The molecule has 24 heavy (non-hydrogen) atoms. The van der Waals surface area contributed by atoms with E-state index in [2.05, 4.69) is 17.2 Å². The summed E-state index contributed by atoms with van der Waals surface area (Å²) in [5.74, 6) is 1.37. The second-order valence-electron chi connectivity index (χ2n) is 5.46. The summed E-state index contributed by atoms with van der Waals surface area (Å²) in [6.07, 6.45) is 0.962. The Kier molecular flexibility index (Phi) is 4.70. The maximum atomic E-state index is 12.4. The van der Waals surface area contributed by atoms with E-state index in [0.29, 0.717) is 12.3 Å². The number of fused-ring (bicyclic) bond motifs is 1. The van der Waals surface area contributed by atoms with E-state index >= 15 is 0 Å². The Morgan fingerprint density at radius 1 is 1.08 bits per heavy atom. The molecule has 1 heterocycles. The molecule has 3 aromatic rings. The summed E-state index contributed by atoms with van der Waals surface area (Å²) in [5, 5.41) is 3.81. The second kappa shape index (κ2) is 7.08. The third kappa shape index (κ3) is 3.51. The highest BCUT2D eigenvalue weighted by molar-refractivity contribution is 6.06. The molecule has 5 nitrogen and oxygen atoms in total. The molecule has 0 aliphatic rings. The number of ether oxygens (including phenoxy) is 2. The van der Waals surface area contributed by atoms with Gasteiger partial charge in [0.05, 0.1) is 13.7 Å². The highest BCUT2D eigenvalue weighted by Crippen LogP contribution is 2.22. The molecule has 0 fully saturated rings. The number of benzene rings is 2. The van der Waals surface area contributed by atoms with E-state index in [0.717, 1.165) is 34.5 Å². The first-order chi connectivity index (χ1) is 11.7. The van der Waals surface area contributed by atoms with E-state index in [1.165, 1.54) is 0 Å². The Morgan fingerprint density at radius 3 is 2.54 bits per heavy atom. The number of nitrogens with one attached hydrogen (secondary N) is 2. The first kappa shape index (κ1) is 15.9. The molecular formula is C19H20N2O3. The lowest BCUT2D eigenvalue weighted by molar-refractivity contribution is 0.102. The van der Waals surface area contributed by atoms with Crippen molar-refractivity contribution in [2.45, 2.75) is 13.3 Å². The number of rotatable bonds is 6. The first-order valence-corrected chi connectivity index (χ1v) is 7.90. The van der Waals surface area contributed by atoms with Crippen LogP contribution in [0.25, 0.3) is 10.9 Å². The van der Waals surface area contributed by atoms with Crippen molar-refractivity contribution in [3.63, 3.8) is 0 Å². The Hall–Kier alpha value is -2.95. The summed E-state index contributed by atoms with van der Waals surface area (Å²) in [5.41, 5.74) is 2.12. The largest absolute Gasteiger partial charge is 0.497 e. The van der Waals surface area contributed by atoms with Gasteiger partial charge in [-0.1, -0.05) is 6.92 Å². The fourth-order valence-electron chi connectivity index (χ4n) is 2.41. The number of H-pyrrole nitrogens is 1. The van der Waals surface area contributed by atoms with Crippen molar-refractivity contribution in [1.29, 1.82) is 0 Å². The lowest BCUT2D eigenvalue weighted by Gasteiger charge is -2.07. The SMILES string of the molecule is CCCOc1ccc(NC(=O)c2cc3cc(OC)ccc3[nH]2)cc1. The normalized spacial score (nSPS) is 10.6. The van der Waals surface area contributed by atoms with Crippen LogP contribution in [0.2, 0.25) is 0 Å². The van der Waals surface area contributed by atoms with Crippen molar-refractivity contribution < 1.29 is 14.3 Å². The van der Waals surface area contributed by atoms with Crippen molar-refractivity contribution >= 4 is 22.5 Å². The number of amides is 1. The Morgan fingerprint density at radius 2 is 1.83 bits per heavy atom. The van der Waals surface area contributed by atoms with Crippen molar-refractivity contribution in [3.05, 3.63) is 54.2 Å². The van der Waals surface area contributed by atoms with Crippen molar-refractivity contribution in [1.82, 2.24) is 4.98 Å². The number of methoxy groups -OCH3 is 1. The van der Waals surface area contributed by atoms with Crippen LogP contribution in [0, 0.1) is 0 Å². The summed E-state index contributed by atoms with van der Waals surface area (Å²) in [6, 6.07) is 14.8. The number of aromatic amines is 1. The van der Waals surface area contributed by atoms with Crippen LogP contribution < -0.4 is 14.8 Å². The monoisotopic (exact) mass is 324 g/mol. The van der Waals surface area contributed by atoms with Gasteiger partial charge in [-0.15, -0.1) is 0 Å². The molecule has 1 aromatic heterocycles. The molecule has 124 valence electrons. The second-order valence-corrected chi connectivity index (χ2v) is 5.46. The number of carbonyl (C=O) groups is 1. The molecule has 5 heteroatoms. The van der Waals surface area contributed by atoms with Gasteiger partial charge in [0, 0.05) is 16.6 Å². The molecule has 0 unspecified atom stereocenters. The summed E-state index contributed by atoms with van der Waals surface area (Å²) in [4.78, 5) is 15.5. The predicted octanol–water partition coefficient (Wildman–Crippen LogP) is 4.22. The third-order valence-electron chi connectivity index (χ3n) is 3.66. The zero-order chi connectivity index (χ0) is 16.9. The van der Waals surface area contributed by atoms with E-state index in [9.17, 15) is 4.79 Å². The average molecular weight is 324 g/mol.